The Morgan fingerprint density at radius 3 is 2.53 bits per heavy atom. The van der Waals surface area contributed by atoms with Crippen LogP contribution in [0, 0.1) is 6.92 Å². The third-order valence-corrected chi connectivity index (χ3v) is 3.04. The molecule has 3 N–H and O–H groups in total. The lowest BCUT2D eigenvalue weighted by molar-refractivity contribution is 0.295. The van der Waals surface area contributed by atoms with Crippen LogP contribution < -0.4 is 10.6 Å². The van der Waals surface area contributed by atoms with Gasteiger partial charge in [-0.1, -0.05) is 13.8 Å². The van der Waals surface area contributed by atoms with E-state index in [0.29, 0.717) is 18.3 Å². The zero-order valence-electron chi connectivity index (χ0n) is 11.0. The lowest BCUT2D eigenvalue weighted by Gasteiger charge is -2.32. The number of aryl methyl sites for hydroxylation is 1. The van der Waals surface area contributed by atoms with Gasteiger partial charge in [0.1, 0.15) is 0 Å². The second kappa shape index (κ2) is 6.45. The van der Waals surface area contributed by atoms with E-state index in [9.17, 15) is 5.11 Å². The Morgan fingerprint density at radius 1 is 1.35 bits per heavy atom. The van der Waals surface area contributed by atoms with Gasteiger partial charge >= 0.3 is 0 Å². The summed E-state index contributed by atoms with van der Waals surface area (Å²) in [5, 5.41) is 9.19. The van der Waals surface area contributed by atoms with Crippen molar-refractivity contribution in [2.45, 2.75) is 39.7 Å². The topological polar surface area (TPSA) is 62.4 Å². The Hall–Kier alpha value is -1.29. The van der Waals surface area contributed by atoms with Gasteiger partial charge in [0.25, 0.3) is 0 Å². The molecule has 0 fully saturated rings. The van der Waals surface area contributed by atoms with Crippen molar-refractivity contribution in [3.8, 4) is 0 Å². The number of aliphatic hydroxyl groups excluding tert-OH is 1. The van der Waals surface area contributed by atoms with Crippen molar-refractivity contribution in [2.24, 2.45) is 0 Å². The molecule has 1 aromatic heterocycles. The molecule has 0 aliphatic heterocycles. The highest BCUT2D eigenvalue weighted by atomic mass is 16.3. The summed E-state index contributed by atoms with van der Waals surface area (Å²) in [4.78, 5) is 6.61. The van der Waals surface area contributed by atoms with Crippen molar-refractivity contribution in [3.05, 3.63) is 17.8 Å². The summed E-state index contributed by atoms with van der Waals surface area (Å²) in [6, 6.07) is 4.16. The lowest BCUT2D eigenvalue weighted by Crippen LogP contribution is -2.38. The van der Waals surface area contributed by atoms with E-state index in [-0.39, 0.29) is 6.61 Å². The zero-order valence-corrected chi connectivity index (χ0v) is 11.0. The average Bonchev–Trinajstić information content (AvgIpc) is 2.33. The van der Waals surface area contributed by atoms with E-state index in [1.165, 1.54) is 0 Å². The van der Waals surface area contributed by atoms with Gasteiger partial charge in [-0.05, 0) is 31.9 Å². The van der Waals surface area contributed by atoms with E-state index >= 15 is 0 Å². The summed E-state index contributed by atoms with van der Waals surface area (Å²) in [6.07, 6.45) is 2.04. The minimum atomic E-state index is 0.117. The SMILES string of the molecule is CCC(CC)N(CCO)c1nc(C)ccc1N. The molecule has 0 aliphatic carbocycles. The number of pyridine rings is 1. The second-order valence-electron chi connectivity index (χ2n) is 4.25. The number of aliphatic hydroxyl groups is 1. The molecule has 0 spiro atoms. The summed E-state index contributed by atoms with van der Waals surface area (Å²) < 4.78 is 0. The Kier molecular flexibility index (Phi) is 5.22. The van der Waals surface area contributed by atoms with Gasteiger partial charge in [-0.15, -0.1) is 0 Å². The predicted octanol–water partition coefficient (Wildman–Crippen LogP) is 1.96. The zero-order chi connectivity index (χ0) is 12.8. The smallest absolute Gasteiger partial charge is 0.152 e. The number of hydrogen-bond acceptors (Lipinski definition) is 4. The molecule has 1 rings (SSSR count). The number of aromatic nitrogens is 1. The van der Waals surface area contributed by atoms with Gasteiger partial charge in [-0.2, -0.15) is 0 Å². The minimum Gasteiger partial charge on any atom is -0.396 e. The van der Waals surface area contributed by atoms with Gasteiger partial charge in [0.2, 0.25) is 0 Å². The first-order chi connectivity index (χ1) is 8.13. The summed E-state index contributed by atoms with van der Waals surface area (Å²) in [5.74, 6) is 0.799. The molecule has 0 saturated heterocycles. The molecule has 1 aromatic rings. The first kappa shape index (κ1) is 13.8. The van der Waals surface area contributed by atoms with Crippen LogP contribution in [0.2, 0.25) is 0 Å². The Morgan fingerprint density at radius 2 is 2.00 bits per heavy atom. The van der Waals surface area contributed by atoms with Gasteiger partial charge in [-0.3, -0.25) is 0 Å². The maximum absolute atomic E-state index is 9.19. The quantitative estimate of drug-likeness (QED) is 0.794. The van der Waals surface area contributed by atoms with Crippen LogP contribution in [-0.2, 0) is 0 Å². The number of rotatable bonds is 6. The number of nitrogens with zero attached hydrogens (tertiary/aromatic N) is 2. The van der Waals surface area contributed by atoms with Crippen LogP contribution in [0.3, 0.4) is 0 Å². The standard InChI is InChI=1S/C13H23N3O/c1-4-11(5-2)16(8-9-17)13-12(14)7-6-10(3)15-13/h6-7,11,17H,4-5,8-9,14H2,1-3H3. The molecule has 17 heavy (non-hydrogen) atoms. The average molecular weight is 237 g/mol. The largest absolute Gasteiger partial charge is 0.396 e. The van der Waals surface area contributed by atoms with Gasteiger partial charge in [0, 0.05) is 18.3 Å². The van der Waals surface area contributed by atoms with Gasteiger partial charge in [-0.25, -0.2) is 4.98 Å². The molecule has 0 atom stereocenters. The maximum atomic E-state index is 9.19. The van der Waals surface area contributed by atoms with Crippen molar-refractivity contribution in [1.29, 1.82) is 0 Å². The molecule has 4 nitrogen and oxygen atoms in total. The van der Waals surface area contributed by atoms with Gasteiger partial charge < -0.3 is 15.7 Å². The molecule has 0 saturated carbocycles. The van der Waals surface area contributed by atoms with Crippen LogP contribution >= 0.6 is 0 Å². The maximum Gasteiger partial charge on any atom is 0.152 e. The van der Waals surface area contributed by atoms with Gasteiger partial charge in [0.15, 0.2) is 5.82 Å². The summed E-state index contributed by atoms with van der Waals surface area (Å²) in [7, 11) is 0. The number of nitrogens with two attached hydrogens (primary N) is 1. The highest BCUT2D eigenvalue weighted by molar-refractivity contribution is 5.63. The first-order valence-electron chi connectivity index (χ1n) is 6.24. The van der Waals surface area contributed by atoms with Crippen LogP contribution in [0.1, 0.15) is 32.4 Å². The molecule has 0 unspecified atom stereocenters. The van der Waals surface area contributed by atoms with E-state index in [4.69, 9.17) is 5.73 Å². The molecule has 0 radical (unpaired) electrons. The van der Waals surface area contributed by atoms with E-state index in [0.717, 1.165) is 24.4 Å². The highest BCUT2D eigenvalue weighted by Crippen LogP contribution is 2.24. The molecule has 0 amide bonds. The summed E-state index contributed by atoms with van der Waals surface area (Å²) in [6.45, 7) is 6.93. The number of anilines is 2. The summed E-state index contributed by atoms with van der Waals surface area (Å²) >= 11 is 0. The number of hydrogen-bond donors (Lipinski definition) is 2. The highest BCUT2D eigenvalue weighted by Gasteiger charge is 2.18. The monoisotopic (exact) mass is 237 g/mol. The first-order valence-corrected chi connectivity index (χ1v) is 6.24. The Bertz CT molecular complexity index is 351. The minimum absolute atomic E-state index is 0.117. The van der Waals surface area contributed by atoms with E-state index in [1.54, 1.807) is 0 Å². The molecule has 0 aliphatic rings. The van der Waals surface area contributed by atoms with E-state index in [1.807, 2.05) is 19.1 Å². The molecule has 4 heteroatoms. The normalized spacial score (nSPS) is 10.9. The molecule has 0 aromatic carbocycles. The van der Waals surface area contributed by atoms with Crippen molar-refractivity contribution < 1.29 is 5.11 Å². The van der Waals surface area contributed by atoms with E-state index in [2.05, 4.69) is 23.7 Å². The fraction of sp³-hybridized carbons (Fsp3) is 0.615. The third-order valence-electron chi connectivity index (χ3n) is 3.04. The predicted molar refractivity (Wildman–Crippen MR) is 72.2 cm³/mol. The molecule has 96 valence electrons. The molecule has 1 heterocycles. The van der Waals surface area contributed by atoms with Crippen molar-refractivity contribution in [2.75, 3.05) is 23.8 Å². The van der Waals surface area contributed by atoms with Crippen LogP contribution in [0.15, 0.2) is 12.1 Å². The molecular formula is C13H23N3O. The van der Waals surface area contributed by atoms with Crippen LogP contribution in [0.5, 0.6) is 0 Å². The van der Waals surface area contributed by atoms with Crippen molar-refractivity contribution in [1.82, 2.24) is 4.98 Å². The van der Waals surface area contributed by atoms with Crippen LogP contribution in [-0.4, -0.2) is 29.3 Å². The fourth-order valence-electron chi connectivity index (χ4n) is 2.08. The van der Waals surface area contributed by atoms with Crippen molar-refractivity contribution in [3.63, 3.8) is 0 Å². The van der Waals surface area contributed by atoms with E-state index < -0.39 is 0 Å². The number of nitrogen functional groups attached to an aromatic ring is 1. The second-order valence-corrected chi connectivity index (χ2v) is 4.25. The molecular weight excluding hydrogens is 214 g/mol. The van der Waals surface area contributed by atoms with Gasteiger partial charge in [0.05, 0.1) is 12.3 Å². The van der Waals surface area contributed by atoms with Crippen LogP contribution in [0.4, 0.5) is 11.5 Å². The Balaban J connectivity index is 3.07. The fourth-order valence-corrected chi connectivity index (χ4v) is 2.08. The Labute approximate surface area is 103 Å². The summed E-state index contributed by atoms with van der Waals surface area (Å²) in [5.41, 5.74) is 7.61. The third kappa shape index (κ3) is 3.33. The van der Waals surface area contributed by atoms with Crippen LogP contribution in [0.25, 0.3) is 0 Å². The molecule has 0 bridgehead atoms. The van der Waals surface area contributed by atoms with Crippen molar-refractivity contribution >= 4 is 11.5 Å². The lowest BCUT2D eigenvalue weighted by atomic mass is 10.1.